The molecule has 1 aliphatic rings. The summed E-state index contributed by atoms with van der Waals surface area (Å²) in [6.45, 7) is 5.47. The molecule has 2 heteroatoms. The van der Waals surface area contributed by atoms with E-state index in [0.717, 1.165) is 18.9 Å². The zero-order valence-corrected chi connectivity index (χ0v) is 11.3. The van der Waals surface area contributed by atoms with Crippen LogP contribution in [-0.4, -0.2) is 25.8 Å². The van der Waals surface area contributed by atoms with E-state index >= 15 is 0 Å². The Morgan fingerprint density at radius 2 is 1.88 bits per heavy atom. The average molecular weight is 227 g/mol. The molecule has 1 aliphatic carbocycles. The highest BCUT2D eigenvalue weighted by molar-refractivity contribution is 4.80. The Hall–Kier alpha value is -0.0800. The number of hydrogen-bond donors (Lipinski definition) is 1. The third-order valence-electron chi connectivity index (χ3n) is 3.93. The van der Waals surface area contributed by atoms with E-state index in [0.29, 0.717) is 12.1 Å². The van der Waals surface area contributed by atoms with Gasteiger partial charge >= 0.3 is 0 Å². The fourth-order valence-corrected chi connectivity index (χ4v) is 3.03. The third-order valence-corrected chi connectivity index (χ3v) is 3.93. The van der Waals surface area contributed by atoms with Gasteiger partial charge in [0.15, 0.2) is 0 Å². The predicted octanol–water partition coefficient (Wildman–Crippen LogP) is 3.36. The Morgan fingerprint density at radius 3 is 2.38 bits per heavy atom. The van der Waals surface area contributed by atoms with Crippen molar-refractivity contribution in [3.05, 3.63) is 0 Å². The highest BCUT2D eigenvalue weighted by Gasteiger charge is 2.23. The summed E-state index contributed by atoms with van der Waals surface area (Å²) in [6.07, 6.45) is 10.00. The highest BCUT2D eigenvalue weighted by Crippen LogP contribution is 2.28. The Bertz CT molecular complexity index is 162. The van der Waals surface area contributed by atoms with Gasteiger partial charge in [-0.15, -0.1) is 0 Å². The first-order valence-corrected chi connectivity index (χ1v) is 7.07. The molecule has 0 radical (unpaired) electrons. The molecule has 2 nitrogen and oxygen atoms in total. The summed E-state index contributed by atoms with van der Waals surface area (Å²) < 4.78 is 5.59. The van der Waals surface area contributed by atoms with Crippen LogP contribution in [-0.2, 0) is 4.74 Å². The summed E-state index contributed by atoms with van der Waals surface area (Å²) in [5.41, 5.74) is 0. The largest absolute Gasteiger partial charge is 0.380 e. The molecule has 2 atom stereocenters. The highest BCUT2D eigenvalue weighted by atomic mass is 16.5. The van der Waals surface area contributed by atoms with Gasteiger partial charge in [0, 0.05) is 13.2 Å². The van der Waals surface area contributed by atoms with Crippen LogP contribution in [0.25, 0.3) is 0 Å². The fraction of sp³-hybridized carbons (Fsp3) is 1.00. The standard InChI is InChI=1S/C14H29NO/c1-4-14(16-3)13(15-5-2)11-12-9-7-6-8-10-12/h12-15H,4-11H2,1-3H3. The lowest BCUT2D eigenvalue weighted by atomic mass is 9.83. The minimum Gasteiger partial charge on any atom is -0.380 e. The molecule has 0 aromatic rings. The monoisotopic (exact) mass is 227 g/mol. The number of nitrogens with one attached hydrogen (secondary N) is 1. The normalized spacial score (nSPS) is 21.9. The SMILES string of the molecule is CCNC(CC1CCCCC1)C(CC)OC. The molecular formula is C14H29NO. The van der Waals surface area contributed by atoms with E-state index in [1.807, 2.05) is 7.11 Å². The molecule has 0 spiro atoms. The van der Waals surface area contributed by atoms with Gasteiger partial charge in [-0.3, -0.25) is 0 Å². The van der Waals surface area contributed by atoms with Crippen LogP contribution in [0, 0.1) is 5.92 Å². The van der Waals surface area contributed by atoms with Crippen LogP contribution in [0.3, 0.4) is 0 Å². The molecule has 0 saturated heterocycles. The van der Waals surface area contributed by atoms with E-state index in [4.69, 9.17) is 4.74 Å². The van der Waals surface area contributed by atoms with E-state index in [-0.39, 0.29) is 0 Å². The van der Waals surface area contributed by atoms with Crippen molar-refractivity contribution in [2.45, 2.75) is 70.9 Å². The van der Waals surface area contributed by atoms with Crippen molar-refractivity contribution in [3.63, 3.8) is 0 Å². The maximum atomic E-state index is 5.59. The maximum absolute atomic E-state index is 5.59. The number of hydrogen-bond acceptors (Lipinski definition) is 2. The fourth-order valence-electron chi connectivity index (χ4n) is 3.03. The van der Waals surface area contributed by atoms with Crippen LogP contribution in [0.4, 0.5) is 0 Å². The molecule has 0 amide bonds. The molecule has 96 valence electrons. The minimum absolute atomic E-state index is 0.391. The van der Waals surface area contributed by atoms with E-state index < -0.39 is 0 Å². The Kier molecular flexibility index (Phi) is 7.06. The van der Waals surface area contributed by atoms with Crippen LogP contribution < -0.4 is 5.32 Å². The lowest BCUT2D eigenvalue weighted by Gasteiger charge is -2.31. The summed E-state index contributed by atoms with van der Waals surface area (Å²) in [5, 5.41) is 3.61. The maximum Gasteiger partial charge on any atom is 0.0721 e. The van der Waals surface area contributed by atoms with Gasteiger partial charge in [-0.25, -0.2) is 0 Å². The Balaban J connectivity index is 2.41. The summed E-state index contributed by atoms with van der Waals surface area (Å²) in [4.78, 5) is 0. The minimum atomic E-state index is 0.391. The second-order valence-corrected chi connectivity index (χ2v) is 5.09. The zero-order valence-electron chi connectivity index (χ0n) is 11.3. The summed E-state index contributed by atoms with van der Waals surface area (Å²) >= 11 is 0. The summed E-state index contributed by atoms with van der Waals surface area (Å²) in [7, 11) is 1.85. The van der Waals surface area contributed by atoms with Gasteiger partial charge in [0.2, 0.25) is 0 Å². The smallest absolute Gasteiger partial charge is 0.0721 e. The van der Waals surface area contributed by atoms with Crippen molar-refractivity contribution in [1.29, 1.82) is 0 Å². The molecular weight excluding hydrogens is 198 g/mol. The lowest BCUT2D eigenvalue weighted by molar-refractivity contribution is 0.0548. The topological polar surface area (TPSA) is 21.3 Å². The van der Waals surface area contributed by atoms with E-state index in [9.17, 15) is 0 Å². The summed E-state index contributed by atoms with van der Waals surface area (Å²) in [5.74, 6) is 0.932. The van der Waals surface area contributed by atoms with Gasteiger partial charge in [-0.1, -0.05) is 46.0 Å². The zero-order chi connectivity index (χ0) is 11.8. The van der Waals surface area contributed by atoms with Crippen LogP contribution in [0.1, 0.15) is 58.8 Å². The van der Waals surface area contributed by atoms with Crippen molar-refractivity contribution in [2.24, 2.45) is 5.92 Å². The molecule has 1 N–H and O–H groups in total. The lowest BCUT2D eigenvalue weighted by Crippen LogP contribution is -2.42. The van der Waals surface area contributed by atoms with Crippen LogP contribution in [0.2, 0.25) is 0 Å². The molecule has 1 fully saturated rings. The Morgan fingerprint density at radius 1 is 1.19 bits per heavy atom. The molecule has 2 unspecified atom stereocenters. The number of methoxy groups -OCH3 is 1. The molecule has 1 saturated carbocycles. The average Bonchev–Trinajstić information content (AvgIpc) is 2.32. The van der Waals surface area contributed by atoms with Gasteiger partial charge in [0.25, 0.3) is 0 Å². The van der Waals surface area contributed by atoms with E-state index in [2.05, 4.69) is 19.2 Å². The first-order valence-electron chi connectivity index (χ1n) is 7.07. The van der Waals surface area contributed by atoms with Gasteiger partial charge in [-0.2, -0.15) is 0 Å². The van der Waals surface area contributed by atoms with E-state index in [1.165, 1.54) is 38.5 Å². The van der Waals surface area contributed by atoms with Crippen molar-refractivity contribution in [1.82, 2.24) is 5.32 Å². The molecule has 0 aromatic heterocycles. The van der Waals surface area contributed by atoms with Crippen molar-refractivity contribution in [2.75, 3.05) is 13.7 Å². The second kappa shape index (κ2) is 8.08. The number of ether oxygens (including phenoxy) is 1. The van der Waals surface area contributed by atoms with Crippen molar-refractivity contribution in [3.8, 4) is 0 Å². The van der Waals surface area contributed by atoms with Crippen LogP contribution >= 0.6 is 0 Å². The number of rotatable bonds is 7. The van der Waals surface area contributed by atoms with Crippen LogP contribution in [0.15, 0.2) is 0 Å². The summed E-state index contributed by atoms with van der Waals surface area (Å²) in [6, 6.07) is 0.558. The first-order chi connectivity index (χ1) is 7.81. The predicted molar refractivity (Wildman–Crippen MR) is 69.7 cm³/mol. The van der Waals surface area contributed by atoms with Gasteiger partial charge in [0.05, 0.1) is 6.10 Å². The second-order valence-electron chi connectivity index (χ2n) is 5.09. The molecule has 0 bridgehead atoms. The quantitative estimate of drug-likeness (QED) is 0.720. The van der Waals surface area contributed by atoms with Crippen molar-refractivity contribution < 1.29 is 4.74 Å². The molecule has 16 heavy (non-hydrogen) atoms. The van der Waals surface area contributed by atoms with Crippen LogP contribution in [0.5, 0.6) is 0 Å². The number of likely N-dealkylation sites (N-methyl/N-ethyl adjacent to an activating group) is 1. The molecule has 0 aromatic carbocycles. The molecule has 1 rings (SSSR count). The van der Waals surface area contributed by atoms with Gasteiger partial charge in [-0.05, 0) is 25.3 Å². The van der Waals surface area contributed by atoms with Gasteiger partial charge in [0.1, 0.15) is 0 Å². The van der Waals surface area contributed by atoms with Gasteiger partial charge < -0.3 is 10.1 Å². The van der Waals surface area contributed by atoms with Crippen molar-refractivity contribution >= 4 is 0 Å². The third kappa shape index (κ3) is 4.42. The van der Waals surface area contributed by atoms with E-state index in [1.54, 1.807) is 0 Å². The molecule has 0 heterocycles. The Labute approximate surface area is 101 Å². The molecule has 0 aliphatic heterocycles. The first kappa shape index (κ1) is 14.0.